The van der Waals surface area contributed by atoms with Gasteiger partial charge in [0.2, 0.25) is 12.2 Å². The number of carbonyl (C=O) groups is 3. The lowest BCUT2D eigenvalue weighted by atomic mass is 10.1. The predicted octanol–water partition coefficient (Wildman–Crippen LogP) is 1.19. The Bertz CT molecular complexity index is 665. The third-order valence-electron chi connectivity index (χ3n) is 4.52. The molecule has 140 valence electrons. The van der Waals surface area contributed by atoms with Gasteiger partial charge in [0.25, 0.3) is 0 Å². The van der Waals surface area contributed by atoms with Crippen LogP contribution >= 0.6 is 0 Å². The zero-order valence-electron chi connectivity index (χ0n) is 14.6. The standard InChI is InChI=1S/C18H22N2O6/c1-24-17-13(10-15(21)26-17)19-16(22)14-8-5-9-20(14)18(23)25-11-12-6-3-2-4-7-12/h2-4,6-7,13-14,17H,5,8-11H2,1H3,(H,19,22). The molecular weight excluding hydrogens is 340 g/mol. The first kappa shape index (κ1) is 18.2. The van der Waals surface area contributed by atoms with Crippen LogP contribution in [0.2, 0.25) is 0 Å². The maximum absolute atomic E-state index is 12.6. The average Bonchev–Trinajstić information content (AvgIpc) is 3.27. The number of ether oxygens (including phenoxy) is 3. The van der Waals surface area contributed by atoms with Gasteiger partial charge in [0, 0.05) is 13.7 Å². The van der Waals surface area contributed by atoms with Gasteiger partial charge >= 0.3 is 12.1 Å². The molecule has 0 aromatic heterocycles. The number of nitrogens with one attached hydrogen (secondary N) is 1. The van der Waals surface area contributed by atoms with E-state index in [1.54, 1.807) is 0 Å². The number of carbonyl (C=O) groups excluding carboxylic acids is 3. The van der Waals surface area contributed by atoms with Crippen LogP contribution < -0.4 is 5.32 Å². The highest BCUT2D eigenvalue weighted by Gasteiger charge is 2.40. The predicted molar refractivity (Wildman–Crippen MR) is 89.8 cm³/mol. The van der Waals surface area contributed by atoms with Crippen molar-refractivity contribution in [1.29, 1.82) is 0 Å². The minimum Gasteiger partial charge on any atom is -0.445 e. The van der Waals surface area contributed by atoms with Crippen molar-refractivity contribution in [3.8, 4) is 0 Å². The molecule has 2 amide bonds. The van der Waals surface area contributed by atoms with Gasteiger partial charge in [0.1, 0.15) is 18.7 Å². The van der Waals surface area contributed by atoms with Gasteiger partial charge in [-0.05, 0) is 18.4 Å². The number of amides is 2. The number of benzene rings is 1. The minimum absolute atomic E-state index is 0.0510. The molecule has 2 aliphatic heterocycles. The summed E-state index contributed by atoms with van der Waals surface area (Å²) in [5, 5.41) is 2.75. The molecule has 2 heterocycles. The van der Waals surface area contributed by atoms with Crippen molar-refractivity contribution in [2.45, 2.75) is 44.2 Å². The molecule has 2 aliphatic rings. The van der Waals surface area contributed by atoms with E-state index in [0.29, 0.717) is 19.4 Å². The lowest BCUT2D eigenvalue weighted by Gasteiger charge is -2.25. The Labute approximate surface area is 151 Å². The molecular formula is C18H22N2O6. The maximum Gasteiger partial charge on any atom is 0.410 e. The summed E-state index contributed by atoms with van der Waals surface area (Å²) < 4.78 is 15.3. The number of hydrogen-bond acceptors (Lipinski definition) is 6. The van der Waals surface area contributed by atoms with E-state index < -0.39 is 30.4 Å². The SMILES string of the molecule is COC1OC(=O)CC1NC(=O)C1CCCN1C(=O)OCc1ccccc1. The first-order chi connectivity index (χ1) is 12.6. The van der Waals surface area contributed by atoms with Crippen molar-refractivity contribution in [2.24, 2.45) is 0 Å². The van der Waals surface area contributed by atoms with Crippen LogP contribution in [0.4, 0.5) is 4.79 Å². The number of rotatable bonds is 5. The van der Waals surface area contributed by atoms with Gasteiger partial charge in [0.15, 0.2) is 0 Å². The second-order valence-electron chi connectivity index (χ2n) is 6.30. The van der Waals surface area contributed by atoms with E-state index >= 15 is 0 Å². The van der Waals surface area contributed by atoms with E-state index in [4.69, 9.17) is 14.2 Å². The number of cyclic esters (lactones) is 1. The topological polar surface area (TPSA) is 94.2 Å². The van der Waals surface area contributed by atoms with Crippen LogP contribution in [0.3, 0.4) is 0 Å². The smallest absolute Gasteiger partial charge is 0.410 e. The van der Waals surface area contributed by atoms with Gasteiger partial charge < -0.3 is 19.5 Å². The second-order valence-corrected chi connectivity index (χ2v) is 6.30. The first-order valence-electron chi connectivity index (χ1n) is 8.58. The van der Waals surface area contributed by atoms with Crippen LogP contribution in [0, 0.1) is 0 Å². The van der Waals surface area contributed by atoms with Crippen molar-refractivity contribution in [2.75, 3.05) is 13.7 Å². The summed E-state index contributed by atoms with van der Waals surface area (Å²) in [4.78, 5) is 37.7. The molecule has 3 rings (SSSR count). The molecule has 0 radical (unpaired) electrons. The summed E-state index contributed by atoms with van der Waals surface area (Å²) in [6.45, 7) is 0.612. The number of hydrogen-bond donors (Lipinski definition) is 1. The zero-order valence-corrected chi connectivity index (χ0v) is 14.6. The molecule has 1 aromatic carbocycles. The Balaban J connectivity index is 1.56. The van der Waals surface area contributed by atoms with E-state index in [9.17, 15) is 14.4 Å². The quantitative estimate of drug-likeness (QED) is 0.791. The zero-order chi connectivity index (χ0) is 18.5. The molecule has 0 spiro atoms. The highest BCUT2D eigenvalue weighted by atomic mass is 16.7. The Hall–Kier alpha value is -2.61. The van der Waals surface area contributed by atoms with Crippen LogP contribution in [0.5, 0.6) is 0 Å². The molecule has 8 heteroatoms. The van der Waals surface area contributed by atoms with Crippen molar-refractivity contribution >= 4 is 18.0 Å². The Morgan fingerprint density at radius 3 is 2.81 bits per heavy atom. The number of methoxy groups -OCH3 is 1. The monoisotopic (exact) mass is 362 g/mol. The lowest BCUT2D eigenvalue weighted by Crippen LogP contribution is -2.51. The Kier molecular flexibility index (Phi) is 5.72. The lowest BCUT2D eigenvalue weighted by molar-refractivity contribution is -0.160. The molecule has 26 heavy (non-hydrogen) atoms. The molecule has 8 nitrogen and oxygen atoms in total. The molecule has 0 aliphatic carbocycles. The Morgan fingerprint density at radius 2 is 2.08 bits per heavy atom. The van der Waals surface area contributed by atoms with Crippen molar-refractivity contribution in [1.82, 2.24) is 10.2 Å². The summed E-state index contributed by atoms with van der Waals surface area (Å²) in [5.41, 5.74) is 0.880. The van der Waals surface area contributed by atoms with Crippen molar-refractivity contribution < 1.29 is 28.6 Å². The van der Waals surface area contributed by atoms with Gasteiger partial charge in [-0.1, -0.05) is 30.3 Å². The van der Waals surface area contributed by atoms with E-state index in [1.807, 2.05) is 30.3 Å². The van der Waals surface area contributed by atoms with Gasteiger partial charge in [-0.3, -0.25) is 14.5 Å². The van der Waals surface area contributed by atoms with E-state index in [1.165, 1.54) is 12.0 Å². The van der Waals surface area contributed by atoms with Gasteiger partial charge in [-0.25, -0.2) is 4.79 Å². The van der Waals surface area contributed by atoms with E-state index in [-0.39, 0.29) is 18.9 Å². The first-order valence-corrected chi connectivity index (χ1v) is 8.58. The van der Waals surface area contributed by atoms with Gasteiger partial charge in [-0.2, -0.15) is 0 Å². The van der Waals surface area contributed by atoms with Crippen molar-refractivity contribution in [3.05, 3.63) is 35.9 Å². The molecule has 1 aromatic rings. The van der Waals surface area contributed by atoms with Crippen molar-refractivity contribution in [3.63, 3.8) is 0 Å². The molecule has 3 unspecified atom stereocenters. The van der Waals surface area contributed by atoms with Crippen LogP contribution in [0.15, 0.2) is 30.3 Å². The van der Waals surface area contributed by atoms with Crippen LogP contribution in [0.1, 0.15) is 24.8 Å². The average molecular weight is 362 g/mol. The summed E-state index contributed by atoms with van der Waals surface area (Å²) >= 11 is 0. The van der Waals surface area contributed by atoms with Crippen LogP contribution in [0.25, 0.3) is 0 Å². The summed E-state index contributed by atoms with van der Waals surface area (Å²) in [7, 11) is 1.41. The fraction of sp³-hybridized carbons (Fsp3) is 0.500. The fourth-order valence-corrected chi connectivity index (χ4v) is 3.21. The maximum atomic E-state index is 12.6. The van der Waals surface area contributed by atoms with Gasteiger partial charge in [0.05, 0.1) is 6.42 Å². The highest BCUT2D eigenvalue weighted by Crippen LogP contribution is 2.21. The number of likely N-dealkylation sites (tertiary alicyclic amines) is 1. The number of esters is 1. The fourth-order valence-electron chi connectivity index (χ4n) is 3.21. The minimum atomic E-state index is -0.800. The van der Waals surface area contributed by atoms with E-state index in [2.05, 4.69) is 5.32 Å². The highest BCUT2D eigenvalue weighted by molar-refractivity contribution is 5.87. The second kappa shape index (κ2) is 8.18. The summed E-state index contributed by atoms with van der Waals surface area (Å²) in [6.07, 6.45) is -0.00687. The normalized spacial score (nSPS) is 25.0. The van der Waals surface area contributed by atoms with E-state index in [0.717, 1.165) is 5.56 Å². The molecule has 0 saturated carbocycles. The van der Waals surface area contributed by atoms with Crippen LogP contribution in [-0.2, 0) is 30.4 Å². The summed E-state index contributed by atoms with van der Waals surface area (Å²) in [5.74, 6) is -0.753. The molecule has 2 saturated heterocycles. The van der Waals surface area contributed by atoms with Gasteiger partial charge in [-0.15, -0.1) is 0 Å². The largest absolute Gasteiger partial charge is 0.445 e. The third kappa shape index (κ3) is 4.13. The molecule has 1 N–H and O–H groups in total. The molecule has 3 atom stereocenters. The van der Waals surface area contributed by atoms with Crippen LogP contribution in [-0.4, -0.2) is 54.9 Å². The third-order valence-corrected chi connectivity index (χ3v) is 4.52. The summed E-state index contributed by atoms with van der Waals surface area (Å²) in [6, 6.07) is 8.18. The Morgan fingerprint density at radius 1 is 1.31 bits per heavy atom. The molecule has 0 bridgehead atoms. The number of nitrogens with zero attached hydrogens (tertiary/aromatic N) is 1. The molecule has 2 fully saturated rings.